The molecule has 0 N–H and O–H groups in total. The number of hydrogen-bond donors (Lipinski definition) is 0. The minimum atomic E-state index is 1.10. The van der Waals surface area contributed by atoms with Crippen LogP contribution in [-0.2, 0) is 0 Å². The molecule has 2 nitrogen and oxygen atoms in total. The fraction of sp³-hybridized carbons (Fsp3) is 0. The summed E-state index contributed by atoms with van der Waals surface area (Å²) in [5.74, 6) is 0. The largest absolute Gasteiger partial charge is 0.309 e. The molecule has 9 aromatic carbocycles. The summed E-state index contributed by atoms with van der Waals surface area (Å²) >= 11 is 1.87. The van der Waals surface area contributed by atoms with Crippen LogP contribution in [0.3, 0.4) is 0 Å². The standard InChI is InChI=1S/C54H36N2S/c1-4-14-37(15-5-1)40-24-29-43(30-25-40)55(44-31-26-41(27-32-44)38-16-6-2-7-17-38)52-36-45(35-49-48-21-11-13-23-53(48)57-54(49)52)56-50-22-12-10-20-46(50)47-33-28-42(34-51(47)56)39-18-8-3-9-19-39/h1-36H. The van der Waals surface area contributed by atoms with Gasteiger partial charge in [-0.1, -0.05) is 164 Å². The highest BCUT2D eigenvalue weighted by Crippen LogP contribution is 2.47. The molecule has 0 saturated carbocycles. The fourth-order valence-electron chi connectivity index (χ4n) is 8.44. The highest BCUT2D eigenvalue weighted by molar-refractivity contribution is 7.26. The Bertz CT molecular complexity index is 3120. The summed E-state index contributed by atoms with van der Waals surface area (Å²) in [6.45, 7) is 0. The first-order chi connectivity index (χ1) is 28.3. The Kier molecular flexibility index (Phi) is 8.04. The number of anilines is 3. The third-order valence-corrected chi connectivity index (χ3v) is 12.4. The van der Waals surface area contributed by atoms with Gasteiger partial charge in [0.25, 0.3) is 0 Å². The van der Waals surface area contributed by atoms with Gasteiger partial charge in [0.05, 0.1) is 21.4 Å². The first-order valence-electron chi connectivity index (χ1n) is 19.4. The van der Waals surface area contributed by atoms with Crippen LogP contribution in [0.15, 0.2) is 218 Å². The maximum atomic E-state index is 2.47. The number of benzene rings is 9. The molecule has 57 heavy (non-hydrogen) atoms. The Labute approximate surface area is 335 Å². The van der Waals surface area contributed by atoms with E-state index >= 15 is 0 Å². The van der Waals surface area contributed by atoms with Gasteiger partial charge in [0.1, 0.15) is 0 Å². The van der Waals surface area contributed by atoms with Crippen molar-refractivity contribution in [2.75, 3.05) is 4.90 Å². The van der Waals surface area contributed by atoms with Gasteiger partial charge in [0, 0.05) is 43.3 Å². The van der Waals surface area contributed by atoms with Crippen molar-refractivity contribution in [2.45, 2.75) is 0 Å². The second kappa shape index (κ2) is 13.8. The van der Waals surface area contributed by atoms with E-state index in [1.165, 1.54) is 75.4 Å². The Morgan fingerprint density at radius 1 is 0.333 bits per heavy atom. The maximum Gasteiger partial charge on any atom is 0.0661 e. The summed E-state index contributed by atoms with van der Waals surface area (Å²) in [6, 6.07) is 79.4. The number of fused-ring (bicyclic) bond motifs is 6. The SMILES string of the molecule is c1ccc(-c2ccc(N(c3ccc(-c4ccccc4)cc3)c3cc(-n4c5ccccc5c5ccc(-c6ccccc6)cc54)cc4c3sc3ccccc34)cc2)cc1. The minimum Gasteiger partial charge on any atom is -0.309 e. The van der Waals surface area contributed by atoms with Gasteiger partial charge < -0.3 is 9.47 Å². The Hall–Kier alpha value is -7.20. The van der Waals surface area contributed by atoms with Crippen LogP contribution in [0.1, 0.15) is 0 Å². The smallest absolute Gasteiger partial charge is 0.0661 e. The lowest BCUT2D eigenvalue weighted by Gasteiger charge is -2.27. The molecule has 0 radical (unpaired) electrons. The quantitative estimate of drug-likeness (QED) is 0.158. The number of para-hydroxylation sites is 1. The van der Waals surface area contributed by atoms with Crippen molar-refractivity contribution in [1.29, 1.82) is 0 Å². The van der Waals surface area contributed by atoms with Crippen LogP contribution in [0.25, 0.3) is 81.0 Å². The van der Waals surface area contributed by atoms with Crippen molar-refractivity contribution >= 4 is 70.4 Å². The number of rotatable bonds is 7. The van der Waals surface area contributed by atoms with Crippen LogP contribution in [0.2, 0.25) is 0 Å². The van der Waals surface area contributed by atoms with Crippen LogP contribution in [0.4, 0.5) is 17.1 Å². The lowest BCUT2D eigenvalue weighted by Crippen LogP contribution is -2.11. The Morgan fingerprint density at radius 2 is 0.807 bits per heavy atom. The molecule has 11 aromatic rings. The van der Waals surface area contributed by atoms with Gasteiger partial charge in [-0.3, -0.25) is 0 Å². The average Bonchev–Trinajstić information content (AvgIpc) is 3.83. The molecule has 0 aliphatic heterocycles. The van der Waals surface area contributed by atoms with Crippen LogP contribution < -0.4 is 4.90 Å². The minimum absolute atomic E-state index is 1.10. The van der Waals surface area contributed by atoms with Gasteiger partial charge in [-0.15, -0.1) is 11.3 Å². The maximum absolute atomic E-state index is 2.47. The zero-order chi connectivity index (χ0) is 37.7. The molecule has 3 heteroatoms. The fourth-order valence-corrected chi connectivity index (χ4v) is 9.63. The normalized spacial score (nSPS) is 11.5. The summed E-state index contributed by atoms with van der Waals surface area (Å²) in [5, 5.41) is 5.01. The second-order valence-electron chi connectivity index (χ2n) is 14.6. The summed E-state index contributed by atoms with van der Waals surface area (Å²) in [4.78, 5) is 2.45. The molecule has 0 atom stereocenters. The second-order valence-corrected chi connectivity index (χ2v) is 15.6. The number of thiophene rings is 1. The summed E-state index contributed by atoms with van der Waals surface area (Å²) in [5.41, 5.74) is 14.1. The predicted octanol–water partition coefficient (Wildman–Crippen LogP) is 15.6. The monoisotopic (exact) mass is 744 g/mol. The lowest BCUT2D eigenvalue weighted by molar-refractivity contribution is 1.18. The molecule has 0 aliphatic carbocycles. The van der Waals surface area contributed by atoms with Gasteiger partial charge in [-0.25, -0.2) is 0 Å². The molecule has 0 spiro atoms. The van der Waals surface area contributed by atoms with Crippen molar-refractivity contribution in [1.82, 2.24) is 4.57 Å². The highest BCUT2D eigenvalue weighted by atomic mass is 32.1. The molecule has 0 unspecified atom stereocenters. The van der Waals surface area contributed by atoms with E-state index in [2.05, 4.69) is 228 Å². The van der Waals surface area contributed by atoms with E-state index in [1.807, 2.05) is 11.3 Å². The van der Waals surface area contributed by atoms with Crippen molar-refractivity contribution in [2.24, 2.45) is 0 Å². The molecule has 268 valence electrons. The van der Waals surface area contributed by atoms with Gasteiger partial charge >= 0.3 is 0 Å². The number of hydrogen-bond acceptors (Lipinski definition) is 2. The van der Waals surface area contributed by atoms with E-state index in [4.69, 9.17) is 0 Å². The molecule has 0 fully saturated rings. The van der Waals surface area contributed by atoms with Crippen LogP contribution in [0, 0.1) is 0 Å². The van der Waals surface area contributed by atoms with Crippen molar-refractivity contribution in [3.8, 4) is 39.1 Å². The first-order valence-corrected chi connectivity index (χ1v) is 20.2. The Balaban J connectivity index is 1.18. The molecule has 0 bridgehead atoms. The van der Waals surface area contributed by atoms with E-state index in [9.17, 15) is 0 Å². The lowest BCUT2D eigenvalue weighted by atomic mass is 10.0. The number of nitrogens with zero attached hydrogens (tertiary/aromatic N) is 2. The van der Waals surface area contributed by atoms with Gasteiger partial charge in [0.2, 0.25) is 0 Å². The van der Waals surface area contributed by atoms with Gasteiger partial charge in [-0.05, 0) is 88.0 Å². The third kappa shape index (κ3) is 5.80. The molecule has 2 heterocycles. The predicted molar refractivity (Wildman–Crippen MR) is 245 cm³/mol. The highest BCUT2D eigenvalue weighted by Gasteiger charge is 2.22. The molecule has 0 amide bonds. The molecular formula is C54H36N2S. The first kappa shape index (κ1) is 33.2. The van der Waals surface area contributed by atoms with Crippen molar-refractivity contribution < 1.29 is 0 Å². The zero-order valence-corrected chi connectivity index (χ0v) is 31.9. The van der Waals surface area contributed by atoms with Crippen molar-refractivity contribution in [3.05, 3.63) is 218 Å². The third-order valence-electron chi connectivity index (χ3n) is 11.2. The van der Waals surface area contributed by atoms with E-state index < -0.39 is 0 Å². The van der Waals surface area contributed by atoms with E-state index in [0.29, 0.717) is 0 Å². The van der Waals surface area contributed by atoms with Crippen molar-refractivity contribution in [3.63, 3.8) is 0 Å². The van der Waals surface area contributed by atoms with Gasteiger partial charge in [-0.2, -0.15) is 0 Å². The van der Waals surface area contributed by atoms with E-state index in [-0.39, 0.29) is 0 Å². The number of aromatic nitrogens is 1. The molecule has 0 saturated heterocycles. The summed E-state index contributed by atoms with van der Waals surface area (Å²) in [7, 11) is 0. The molecular weight excluding hydrogens is 709 g/mol. The molecule has 11 rings (SSSR count). The topological polar surface area (TPSA) is 8.17 Å². The molecule has 0 aliphatic rings. The Morgan fingerprint density at radius 3 is 1.42 bits per heavy atom. The van der Waals surface area contributed by atoms with Crippen LogP contribution in [0.5, 0.6) is 0 Å². The van der Waals surface area contributed by atoms with Gasteiger partial charge in [0.15, 0.2) is 0 Å². The average molecular weight is 745 g/mol. The van der Waals surface area contributed by atoms with Crippen LogP contribution >= 0.6 is 11.3 Å². The summed E-state index contributed by atoms with van der Waals surface area (Å²) in [6.07, 6.45) is 0. The molecule has 2 aromatic heterocycles. The summed E-state index contributed by atoms with van der Waals surface area (Å²) < 4.78 is 5.00. The van der Waals surface area contributed by atoms with E-state index in [1.54, 1.807) is 0 Å². The van der Waals surface area contributed by atoms with Crippen LogP contribution in [-0.4, -0.2) is 4.57 Å². The zero-order valence-electron chi connectivity index (χ0n) is 31.1. The van der Waals surface area contributed by atoms with E-state index in [0.717, 1.165) is 22.7 Å².